The SMILES string of the molecule is O=C(CCn1nnc2cc(-c3noc(-c4cccc(Cl)c4)n3)ccc21)N1CCOCC1. The summed E-state index contributed by atoms with van der Waals surface area (Å²) in [6.45, 7) is 2.93. The van der Waals surface area contributed by atoms with E-state index in [2.05, 4.69) is 20.5 Å². The molecule has 0 atom stereocenters. The van der Waals surface area contributed by atoms with Gasteiger partial charge in [0.1, 0.15) is 5.52 Å². The Labute approximate surface area is 182 Å². The number of aromatic nitrogens is 5. The van der Waals surface area contributed by atoms with Gasteiger partial charge in [-0.05, 0) is 36.4 Å². The van der Waals surface area contributed by atoms with Crippen LogP contribution in [-0.2, 0) is 16.1 Å². The molecule has 0 unspecified atom stereocenters. The lowest BCUT2D eigenvalue weighted by Crippen LogP contribution is -2.41. The van der Waals surface area contributed by atoms with Crippen LogP contribution in [0, 0.1) is 0 Å². The van der Waals surface area contributed by atoms with Crippen LogP contribution in [0.2, 0.25) is 5.02 Å². The van der Waals surface area contributed by atoms with E-state index in [0.29, 0.717) is 61.5 Å². The summed E-state index contributed by atoms with van der Waals surface area (Å²) in [5, 5.41) is 13.1. The minimum absolute atomic E-state index is 0.101. The molecular weight excluding hydrogens is 420 g/mol. The Bertz CT molecular complexity index is 1230. The van der Waals surface area contributed by atoms with Crippen LogP contribution in [-0.4, -0.2) is 62.2 Å². The van der Waals surface area contributed by atoms with Gasteiger partial charge in [-0.3, -0.25) is 4.79 Å². The fourth-order valence-electron chi connectivity index (χ4n) is 3.53. The van der Waals surface area contributed by atoms with Crippen molar-refractivity contribution in [1.82, 2.24) is 30.0 Å². The van der Waals surface area contributed by atoms with Crippen LogP contribution in [0.3, 0.4) is 0 Å². The second kappa shape index (κ2) is 8.44. The lowest BCUT2D eigenvalue weighted by Gasteiger charge is -2.26. The summed E-state index contributed by atoms with van der Waals surface area (Å²) in [7, 11) is 0. The first kappa shape index (κ1) is 19.7. The summed E-state index contributed by atoms with van der Waals surface area (Å²) in [5.41, 5.74) is 3.06. The minimum atomic E-state index is 0.101. The van der Waals surface area contributed by atoms with E-state index < -0.39 is 0 Å². The Kier molecular flexibility index (Phi) is 5.35. The number of nitrogens with zero attached hydrogens (tertiary/aromatic N) is 6. The van der Waals surface area contributed by atoms with Crippen LogP contribution in [0.4, 0.5) is 0 Å². The highest BCUT2D eigenvalue weighted by Gasteiger charge is 2.18. The predicted molar refractivity (Wildman–Crippen MR) is 113 cm³/mol. The zero-order valence-electron chi connectivity index (χ0n) is 16.6. The van der Waals surface area contributed by atoms with Gasteiger partial charge in [0.15, 0.2) is 0 Å². The molecule has 5 rings (SSSR count). The van der Waals surface area contributed by atoms with E-state index in [1.165, 1.54) is 0 Å². The molecule has 31 heavy (non-hydrogen) atoms. The number of amides is 1. The van der Waals surface area contributed by atoms with Gasteiger partial charge in [0.2, 0.25) is 11.7 Å². The van der Waals surface area contributed by atoms with Crippen molar-refractivity contribution >= 4 is 28.5 Å². The van der Waals surface area contributed by atoms with E-state index in [1.807, 2.05) is 35.2 Å². The van der Waals surface area contributed by atoms with Gasteiger partial charge in [-0.2, -0.15) is 4.98 Å². The Balaban J connectivity index is 1.32. The number of aryl methyl sites for hydroxylation is 1. The van der Waals surface area contributed by atoms with E-state index in [0.717, 1.165) is 16.6 Å². The van der Waals surface area contributed by atoms with Crippen LogP contribution in [0.1, 0.15) is 6.42 Å². The van der Waals surface area contributed by atoms with Crippen molar-refractivity contribution in [2.75, 3.05) is 26.3 Å². The molecule has 1 fully saturated rings. The van der Waals surface area contributed by atoms with Crippen molar-refractivity contribution in [3.8, 4) is 22.8 Å². The summed E-state index contributed by atoms with van der Waals surface area (Å²) in [5.74, 6) is 0.945. The fraction of sp³-hybridized carbons (Fsp3) is 0.286. The predicted octanol–water partition coefficient (Wildman–Crippen LogP) is 3.05. The van der Waals surface area contributed by atoms with Crippen LogP contribution in [0.5, 0.6) is 0 Å². The average molecular weight is 439 g/mol. The smallest absolute Gasteiger partial charge is 0.258 e. The summed E-state index contributed by atoms with van der Waals surface area (Å²) < 4.78 is 12.4. The number of hydrogen-bond donors (Lipinski definition) is 0. The van der Waals surface area contributed by atoms with Gasteiger partial charge in [-0.25, -0.2) is 4.68 Å². The number of fused-ring (bicyclic) bond motifs is 1. The molecule has 0 N–H and O–H groups in total. The van der Waals surface area contributed by atoms with Crippen molar-refractivity contribution in [3.05, 3.63) is 47.5 Å². The molecule has 4 aromatic rings. The monoisotopic (exact) mass is 438 g/mol. The molecule has 1 amide bonds. The van der Waals surface area contributed by atoms with E-state index in [-0.39, 0.29) is 5.91 Å². The second-order valence-electron chi connectivity index (χ2n) is 7.19. The number of benzene rings is 2. The fourth-order valence-corrected chi connectivity index (χ4v) is 3.72. The summed E-state index contributed by atoms with van der Waals surface area (Å²) in [4.78, 5) is 18.7. The van der Waals surface area contributed by atoms with Crippen molar-refractivity contribution in [2.45, 2.75) is 13.0 Å². The molecule has 2 aromatic carbocycles. The van der Waals surface area contributed by atoms with Crippen molar-refractivity contribution < 1.29 is 14.1 Å². The van der Waals surface area contributed by atoms with Gasteiger partial charge in [-0.1, -0.05) is 28.0 Å². The molecule has 1 aliphatic rings. The first-order chi connectivity index (χ1) is 15.2. The van der Waals surface area contributed by atoms with Gasteiger partial charge in [0, 0.05) is 35.7 Å². The highest BCUT2D eigenvalue weighted by molar-refractivity contribution is 6.30. The Morgan fingerprint density at radius 3 is 2.81 bits per heavy atom. The number of carbonyl (C=O) groups excluding carboxylic acids is 1. The number of halogens is 1. The maximum Gasteiger partial charge on any atom is 0.258 e. The van der Waals surface area contributed by atoms with Crippen molar-refractivity contribution in [1.29, 1.82) is 0 Å². The molecule has 3 heterocycles. The minimum Gasteiger partial charge on any atom is -0.378 e. The number of ether oxygens (including phenoxy) is 1. The highest BCUT2D eigenvalue weighted by Crippen LogP contribution is 2.26. The largest absolute Gasteiger partial charge is 0.378 e. The third-order valence-corrected chi connectivity index (χ3v) is 5.41. The molecule has 0 bridgehead atoms. The molecule has 10 heteroatoms. The quantitative estimate of drug-likeness (QED) is 0.472. The van der Waals surface area contributed by atoms with E-state index in [9.17, 15) is 4.79 Å². The Morgan fingerprint density at radius 2 is 1.97 bits per heavy atom. The Hall–Kier alpha value is -3.30. The number of hydrogen-bond acceptors (Lipinski definition) is 7. The lowest BCUT2D eigenvalue weighted by molar-refractivity contribution is -0.135. The molecule has 1 aliphatic heterocycles. The molecule has 0 radical (unpaired) electrons. The topological polar surface area (TPSA) is 99.2 Å². The number of rotatable bonds is 5. The molecular formula is C21H19ClN6O3. The highest BCUT2D eigenvalue weighted by atomic mass is 35.5. The van der Waals surface area contributed by atoms with Gasteiger partial charge in [0.25, 0.3) is 5.89 Å². The van der Waals surface area contributed by atoms with Gasteiger partial charge in [-0.15, -0.1) is 5.10 Å². The van der Waals surface area contributed by atoms with Gasteiger partial charge < -0.3 is 14.2 Å². The molecule has 2 aromatic heterocycles. The van der Waals surface area contributed by atoms with Crippen LogP contribution in [0.15, 0.2) is 47.0 Å². The number of carbonyl (C=O) groups is 1. The molecule has 0 aliphatic carbocycles. The molecule has 0 spiro atoms. The van der Waals surface area contributed by atoms with Gasteiger partial charge in [0.05, 0.1) is 25.3 Å². The Morgan fingerprint density at radius 1 is 1.10 bits per heavy atom. The van der Waals surface area contributed by atoms with Gasteiger partial charge >= 0.3 is 0 Å². The average Bonchev–Trinajstić information content (AvgIpc) is 3.45. The summed E-state index contributed by atoms with van der Waals surface area (Å²) >= 11 is 6.04. The second-order valence-corrected chi connectivity index (χ2v) is 7.63. The first-order valence-electron chi connectivity index (χ1n) is 9.96. The van der Waals surface area contributed by atoms with Crippen LogP contribution < -0.4 is 0 Å². The summed E-state index contributed by atoms with van der Waals surface area (Å²) in [6, 6.07) is 12.9. The standard InChI is InChI=1S/C21H19ClN6O3/c22-16-3-1-2-15(12-16)21-23-20(25-31-21)14-4-5-18-17(13-14)24-26-28(18)7-6-19(29)27-8-10-30-11-9-27/h1-5,12-13H,6-11H2. The van der Waals surface area contributed by atoms with Crippen LogP contribution in [0.25, 0.3) is 33.9 Å². The van der Waals surface area contributed by atoms with E-state index in [1.54, 1.807) is 16.8 Å². The van der Waals surface area contributed by atoms with E-state index >= 15 is 0 Å². The molecule has 1 saturated heterocycles. The third-order valence-electron chi connectivity index (χ3n) is 5.17. The number of morpholine rings is 1. The molecule has 158 valence electrons. The zero-order chi connectivity index (χ0) is 21.2. The maximum atomic E-state index is 12.4. The van der Waals surface area contributed by atoms with Crippen molar-refractivity contribution in [3.63, 3.8) is 0 Å². The molecule has 9 nitrogen and oxygen atoms in total. The zero-order valence-corrected chi connectivity index (χ0v) is 17.3. The first-order valence-corrected chi connectivity index (χ1v) is 10.3. The molecule has 0 saturated carbocycles. The third kappa shape index (κ3) is 4.14. The van der Waals surface area contributed by atoms with E-state index in [4.69, 9.17) is 20.9 Å². The van der Waals surface area contributed by atoms with Crippen molar-refractivity contribution in [2.24, 2.45) is 0 Å². The summed E-state index contributed by atoms with van der Waals surface area (Å²) in [6.07, 6.45) is 0.369. The maximum absolute atomic E-state index is 12.4. The van der Waals surface area contributed by atoms with Crippen LogP contribution >= 0.6 is 11.6 Å². The lowest BCUT2D eigenvalue weighted by atomic mass is 10.2. The normalized spacial score (nSPS) is 14.3.